The molecule has 1 saturated heterocycles. The molecule has 7 nitrogen and oxygen atoms in total. The molecule has 0 unspecified atom stereocenters. The Labute approximate surface area is 159 Å². The Balaban J connectivity index is 2.12. The highest BCUT2D eigenvalue weighted by atomic mass is 16.4. The minimum Gasteiger partial charge on any atom is -0.480 e. The van der Waals surface area contributed by atoms with Crippen LogP contribution in [0.2, 0.25) is 0 Å². The number of carboxylic acid groups (broad SMARTS) is 1. The largest absolute Gasteiger partial charge is 0.480 e. The summed E-state index contributed by atoms with van der Waals surface area (Å²) in [6.07, 6.45) is 2.58. The van der Waals surface area contributed by atoms with Gasteiger partial charge in [-0.15, -0.1) is 0 Å². The van der Waals surface area contributed by atoms with Gasteiger partial charge in [-0.1, -0.05) is 50.6 Å². The average molecular weight is 375 g/mol. The minimum atomic E-state index is -1.07. The number of nitrogens with one attached hydrogen (secondary N) is 3. The van der Waals surface area contributed by atoms with Gasteiger partial charge in [-0.3, -0.25) is 9.59 Å². The molecule has 1 aliphatic rings. The fraction of sp³-hybridized carbons (Fsp3) is 0.550. The maximum absolute atomic E-state index is 12.8. The Morgan fingerprint density at radius 3 is 2.48 bits per heavy atom. The van der Waals surface area contributed by atoms with Crippen molar-refractivity contribution in [3.8, 4) is 0 Å². The molecular weight excluding hydrogens is 346 g/mol. The van der Waals surface area contributed by atoms with E-state index in [4.69, 9.17) is 0 Å². The zero-order valence-electron chi connectivity index (χ0n) is 15.9. The van der Waals surface area contributed by atoms with Crippen LogP contribution in [-0.2, 0) is 20.8 Å². The Hall–Kier alpha value is -2.41. The summed E-state index contributed by atoms with van der Waals surface area (Å²) in [5.74, 6) is -1.98. The van der Waals surface area contributed by atoms with Crippen LogP contribution in [0.5, 0.6) is 0 Å². The molecule has 27 heavy (non-hydrogen) atoms. The molecule has 0 aromatic heterocycles. The number of carbonyl (C=O) groups excluding carboxylic acids is 2. The quantitative estimate of drug-likeness (QED) is 0.517. The molecule has 7 heteroatoms. The van der Waals surface area contributed by atoms with E-state index < -0.39 is 24.0 Å². The standard InChI is InChI=1S/C20H29N3O4/c1-3-13(2)17(20(26)27)23-19(25)16(12-14-8-5-4-6-9-14)22-18(24)15-10-7-11-21-15/h4-6,8-9,13,15-17,21H,3,7,10-12H2,1-2H3,(H,22,24)(H,23,25)(H,26,27)/t13-,15-,16-,17-/m0/s1. The predicted molar refractivity (Wildman–Crippen MR) is 102 cm³/mol. The van der Waals surface area contributed by atoms with Crippen molar-refractivity contribution in [1.29, 1.82) is 0 Å². The van der Waals surface area contributed by atoms with Crippen LogP contribution in [0.25, 0.3) is 0 Å². The maximum atomic E-state index is 12.8. The van der Waals surface area contributed by atoms with Crippen molar-refractivity contribution in [2.75, 3.05) is 6.54 Å². The van der Waals surface area contributed by atoms with Gasteiger partial charge in [0.25, 0.3) is 0 Å². The zero-order valence-corrected chi connectivity index (χ0v) is 15.9. The second kappa shape index (κ2) is 10.1. The number of carboxylic acids is 1. The lowest BCUT2D eigenvalue weighted by atomic mass is 9.98. The maximum Gasteiger partial charge on any atom is 0.326 e. The van der Waals surface area contributed by atoms with Crippen LogP contribution in [0.4, 0.5) is 0 Å². The summed E-state index contributed by atoms with van der Waals surface area (Å²) in [6, 6.07) is 7.25. The topological polar surface area (TPSA) is 108 Å². The molecule has 0 aliphatic carbocycles. The second-order valence-electron chi connectivity index (χ2n) is 7.11. The Bertz CT molecular complexity index is 644. The molecule has 0 radical (unpaired) electrons. The molecule has 1 heterocycles. The van der Waals surface area contributed by atoms with Crippen molar-refractivity contribution in [1.82, 2.24) is 16.0 Å². The first-order chi connectivity index (χ1) is 12.9. The summed E-state index contributed by atoms with van der Waals surface area (Å²) >= 11 is 0. The first-order valence-corrected chi connectivity index (χ1v) is 9.53. The molecule has 4 N–H and O–H groups in total. The number of rotatable bonds is 9. The normalized spacial score (nSPS) is 19.7. The van der Waals surface area contributed by atoms with Gasteiger partial charge in [-0.05, 0) is 30.9 Å². The molecular formula is C20H29N3O4. The Morgan fingerprint density at radius 1 is 1.22 bits per heavy atom. The van der Waals surface area contributed by atoms with Crippen molar-refractivity contribution in [2.24, 2.45) is 5.92 Å². The monoisotopic (exact) mass is 375 g/mol. The van der Waals surface area contributed by atoms with Crippen LogP contribution >= 0.6 is 0 Å². The number of benzene rings is 1. The van der Waals surface area contributed by atoms with Crippen molar-refractivity contribution in [3.05, 3.63) is 35.9 Å². The number of hydrogen-bond donors (Lipinski definition) is 4. The first kappa shape index (κ1) is 20.9. The van der Waals surface area contributed by atoms with Gasteiger partial charge in [0.1, 0.15) is 12.1 Å². The van der Waals surface area contributed by atoms with Gasteiger partial charge in [0.05, 0.1) is 6.04 Å². The van der Waals surface area contributed by atoms with Crippen molar-refractivity contribution >= 4 is 17.8 Å². The molecule has 1 aromatic rings. The zero-order chi connectivity index (χ0) is 19.8. The molecule has 0 saturated carbocycles. The molecule has 1 fully saturated rings. The molecule has 1 aromatic carbocycles. The van der Waals surface area contributed by atoms with Gasteiger partial charge in [-0.25, -0.2) is 4.79 Å². The lowest BCUT2D eigenvalue weighted by molar-refractivity contribution is -0.143. The SMILES string of the molecule is CC[C@H](C)[C@H](NC(=O)[C@H](Cc1ccccc1)NC(=O)[C@@H]1CCCN1)C(=O)O. The van der Waals surface area contributed by atoms with Crippen LogP contribution in [0, 0.1) is 5.92 Å². The van der Waals surface area contributed by atoms with E-state index in [1.165, 1.54) is 0 Å². The highest BCUT2D eigenvalue weighted by molar-refractivity contribution is 5.92. The summed E-state index contributed by atoms with van der Waals surface area (Å²) in [5, 5.41) is 18.0. The number of amides is 2. The Kier molecular flexibility index (Phi) is 7.79. The second-order valence-corrected chi connectivity index (χ2v) is 7.11. The molecule has 0 bridgehead atoms. The van der Waals surface area contributed by atoms with E-state index in [1.54, 1.807) is 6.92 Å². The van der Waals surface area contributed by atoms with Crippen LogP contribution in [0.3, 0.4) is 0 Å². The van der Waals surface area contributed by atoms with Gasteiger partial charge >= 0.3 is 5.97 Å². The van der Waals surface area contributed by atoms with E-state index in [9.17, 15) is 19.5 Å². The number of aliphatic carboxylic acids is 1. The summed E-state index contributed by atoms with van der Waals surface area (Å²) in [7, 11) is 0. The predicted octanol–water partition coefficient (Wildman–Crippen LogP) is 1.08. The van der Waals surface area contributed by atoms with Crippen molar-refractivity contribution in [3.63, 3.8) is 0 Å². The molecule has 0 spiro atoms. The van der Waals surface area contributed by atoms with Crippen LogP contribution in [-0.4, -0.2) is 47.6 Å². The van der Waals surface area contributed by atoms with Crippen LogP contribution in [0.1, 0.15) is 38.7 Å². The summed E-state index contributed by atoms with van der Waals surface area (Å²) in [4.78, 5) is 36.8. The molecule has 2 amide bonds. The Morgan fingerprint density at radius 2 is 1.93 bits per heavy atom. The molecule has 1 aliphatic heterocycles. The highest BCUT2D eigenvalue weighted by Gasteiger charge is 2.31. The number of carbonyl (C=O) groups is 3. The van der Waals surface area contributed by atoms with E-state index in [0.717, 1.165) is 24.9 Å². The summed E-state index contributed by atoms with van der Waals surface area (Å²) < 4.78 is 0. The first-order valence-electron chi connectivity index (χ1n) is 9.53. The van der Waals surface area contributed by atoms with E-state index >= 15 is 0 Å². The van der Waals surface area contributed by atoms with E-state index in [2.05, 4.69) is 16.0 Å². The third-order valence-electron chi connectivity index (χ3n) is 5.07. The van der Waals surface area contributed by atoms with E-state index in [-0.39, 0.29) is 17.9 Å². The van der Waals surface area contributed by atoms with Crippen LogP contribution in [0.15, 0.2) is 30.3 Å². The smallest absolute Gasteiger partial charge is 0.326 e. The average Bonchev–Trinajstić information content (AvgIpc) is 3.20. The lowest BCUT2D eigenvalue weighted by Gasteiger charge is -2.25. The lowest BCUT2D eigenvalue weighted by Crippen LogP contribution is -2.56. The molecule has 2 rings (SSSR count). The number of hydrogen-bond acceptors (Lipinski definition) is 4. The van der Waals surface area contributed by atoms with E-state index in [0.29, 0.717) is 12.8 Å². The fourth-order valence-electron chi connectivity index (χ4n) is 3.18. The molecule has 4 atom stereocenters. The van der Waals surface area contributed by atoms with Gasteiger partial charge in [-0.2, -0.15) is 0 Å². The fourth-order valence-corrected chi connectivity index (χ4v) is 3.18. The highest BCUT2D eigenvalue weighted by Crippen LogP contribution is 2.11. The van der Waals surface area contributed by atoms with Crippen LogP contribution < -0.4 is 16.0 Å². The minimum absolute atomic E-state index is 0.212. The summed E-state index contributed by atoms with van der Waals surface area (Å²) in [5.41, 5.74) is 0.896. The van der Waals surface area contributed by atoms with E-state index in [1.807, 2.05) is 37.3 Å². The van der Waals surface area contributed by atoms with Gasteiger partial charge in [0, 0.05) is 6.42 Å². The molecule has 148 valence electrons. The van der Waals surface area contributed by atoms with Crippen molar-refractivity contribution < 1.29 is 19.5 Å². The van der Waals surface area contributed by atoms with Crippen molar-refractivity contribution in [2.45, 2.75) is 57.7 Å². The van der Waals surface area contributed by atoms with Gasteiger partial charge in [0.15, 0.2) is 0 Å². The van der Waals surface area contributed by atoms with Gasteiger partial charge in [0.2, 0.25) is 11.8 Å². The van der Waals surface area contributed by atoms with Gasteiger partial charge < -0.3 is 21.1 Å². The third kappa shape index (κ3) is 6.06. The summed E-state index contributed by atoms with van der Waals surface area (Å²) in [6.45, 7) is 4.44. The third-order valence-corrected chi connectivity index (χ3v) is 5.07.